The molecule has 2 rings (SSSR count). The van der Waals surface area contributed by atoms with E-state index in [0.717, 1.165) is 4.47 Å². The number of nitrogens with two attached hydrogens (primary N) is 1. The molecule has 0 bridgehead atoms. The first-order chi connectivity index (χ1) is 9.02. The van der Waals surface area contributed by atoms with E-state index in [1.165, 1.54) is 0 Å². The number of hydrogen-bond acceptors (Lipinski definition) is 4. The summed E-state index contributed by atoms with van der Waals surface area (Å²) in [7, 11) is 0. The topological polar surface area (TPSA) is 57.4 Å². The van der Waals surface area contributed by atoms with Crippen molar-refractivity contribution >= 4 is 21.6 Å². The van der Waals surface area contributed by atoms with Crippen molar-refractivity contribution in [1.29, 1.82) is 0 Å². The molecule has 0 saturated heterocycles. The third-order valence-electron chi connectivity index (χ3n) is 2.19. The van der Waals surface area contributed by atoms with Crippen LogP contribution in [0, 0.1) is 0 Å². The largest absolute Gasteiger partial charge is 0.491 e. The fourth-order valence-corrected chi connectivity index (χ4v) is 1.92. The summed E-state index contributed by atoms with van der Waals surface area (Å²) in [5.41, 5.74) is 6.43. The van der Waals surface area contributed by atoms with Crippen LogP contribution in [-0.2, 0) is 0 Å². The van der Waals surface area contributed by atoms with E-state index in [2.05, 4.69) is 20.9 Å². The molecule has 5 heteroatoms. The third-order valence-corrected chi connectivity index (χ3v) is 2.62. The van der Waals surface area contributed by atoms with E-state index in [0.29, 0.717) is 22.9 Å². The van der Waals surface area contributed by atoms with Gasteiger partial charge in [0.15, 0.2) is 0 Å². The molecule has 0 saturated carbocycles. The van der Waals surface area contributed by atoms with E-state index in [-0.39, 0.29) is 6.10 Å². The number of anilines is 1. The predicted molar refractivity (Wildman–Crippen MR) is 78.6 cm³/mol. The van der Waals surface area contributed by atoms with Gasteiger partial charge < -0.3 is 15.2 Å². The van der Waals surface area contributed by atoms with Gasteiger partial charge in [0.25, 0.3) is 0 Å². The molecule has 0 amide bonds. The Bertz CT molecular complexity index is 573. The minimum absolute atomic E-state index is 0.0854. The second kappa shape index (κ2) is 5.93. The number of hydrogen-bond donors (Lipinski definition) is 1. The predicted octanol–water partition coefficient (Wildman–Crippen LogP) is 4.01. The van der Waals surface area contributed by atoms with E-state index >= 15 is 0 Å². The van der Waals surface area contributed by atoms with Gasteiger partial charge in [-0.1, -0.05) is 0 Å². The second-order valence-corrected chi connectivity index (χ2v) is 5.26. The van der Waals surface area contributed by atoms with Crippen molar-refractivity contribution in [3.8, 4) is 17.2 Å². The lowest BCUT2D eigenvalue weighted by atomic mass is 10.3. The molecule has 1 aromatic heterocycles. The molecular weight excluding hydrogens is 308 g/mol. The van der Waals surface area contributed by atoms with Gasteiger partial charge in [-0.15, -0.1) is 0 Å². The van der Waals surface area contributed by atoms with Gasteiger partial charge in [0.2, 0.25) is 0 Å². The summed E-state index contributed by atoms with van der Waals surface area (Å²) in [5.74, 6) is 1.94. The van der Waals surface area contributed by atoms with Crippen molar-refractivity contribution in [2.24, 2.45) is 0 Å². The summed E-state index contributed by atoms with van der Waals surface area (Å²) < 4.78 is 12.2. The van der Waals surface area contributed by atoms with Gasteiger partial charge in [-0.05, 0) is 35.8 Å². The highest BCUT2D eigenvalue weighted by molar-refractivity contribution is 9.10. The molecule has 0 aliphatic carbocycles. The zero-order valence-electron chi connectivity index (χ0n) is 10.8. The third kappa shape index (κ3) is 4.13. The zero-order chi connectivity index (χ0) is 13.8. The summed E-state index contributed by atoms with van der Waals surface area (Å²) in [4.78, 5) is 4.04. The molecule has 0 unspecified atom stereocenters. The van der Waals surface area contributed by atoms with Gasteiger partial charge >= 0.3 is 0 Å². The molecule has 4 nitrogen and oxygen atoms in total. The average Bonchev–Trinajstić information content (AvgIpc) is 2.26. The van der Waals surface area contributed by atoms with Crippen LogP contribution < -0.4 is 15.2 Å². The Morgan fingerprint density at radius 2 is 1.79 bits per heavy atom. The number of nitrogen functional groups attached to an aromatic ring is 1. The Morgan fingerprint density at radius 1 is 1.05 bits per heavy atom. The highest BCUT2D eigenvalue weighted by Gasteiger charge is 2.05. The van der Waals surface area contributed by atoms with Gasteiger partial charge in [0.1, 0.15) is 17.2 Å². The SMILES string of the molecule is CC(C)Oc1cc(N)cc(Oc2cncc(Br)c2)c1. The molecule has 1 heterocycles. The number of aromatic nitrogens is 1. The lowest BCUT2D eigenvalue weighted by Gasteiger charge is -2.12. The Balaban J connectivity index is 2.22. The number of nitrogens with zero attached hydrogens (tertiary/aromatic N) is 1. The maximum absolute atomic E-state index is 5.83. The molecule has 2 N–H and O–H groups in total. The Morgan fingerprint density at radius 3 is 2.47 bits per heavy atom. The quantitative estimate of drug-likeness (QED) is 0.864. The Hall–Kier alpha value is -1.75. The van der Waals surface area contributed by atoms with Gasteiger partial charge in [0, 0.05) is 34.6 Å². The van der Waals surface area contributed by atoms with Crippen molar-refractivity contribution in [1.82, 2.24) is 4.98 Å². The summed E-state index contributed by atoms with van der Waals surface area (Å²) in [6.45, 7) is 3.92. The maximum atomic E-state index is 5.83. The monoisotopic (exact) mass is 322 g/mol. The number of rotatable bonds is 4. The van der Waals surface area contributed by atoms with Gasteiger partial charge in [-0.3, -0.25) is 4.98 Å². The first kappa shape index (κ1) is 13.7. The second-order valence-electron chi connectivity index (χ2n) is 4.35. The molecule has 0 radical (unpaired) electrons. The minimum Gasteiger partial charge on any atom is -0.491 e. The Kier molecular flexibility index (Phi) is 4.27. The van der Waals surface area contributed by atoms with Crippen LogP contribution in [0.5, 0.6) is 17.2 Å². The van der Waals surface area contributed by atoms with Gasteiger partial charge in [0.05, 0.1) is 12.3 Å². The van der Waals surface area contributed by atoms with Crippen LogP contribution in [0.1, 0.15) is 13.8 Å². The molecule has 0 atom stereocenters. The summed E-state index contributed by atoms with van der Waals surface area (Å²) >= 11 is 3.35. The van der Waals surface area contributed by atoms with Gasteiger partial charge in [-0.25, -0.2) is 0 Å². The molecule has 0 fully saturated rings. The van der Waals surface area contributed by atoms with Crippen LogP contribution in [-0.4, -0.2) is 11.1 Å². The van der Waals surface area contributed by atoms with Crippen LogP contribution in [0.2, 0.25) is 0 Å². The Labute approximate surface area is 120 Å². The highest BCUT2D eigenvalue weighted by atomic mass is 79.9. The molecule has 100 valence electrons. The molecule has 0 aliphatic rings. The highest BCUT2D eigenvalue weighted by Crippen LogP contribution is 2.29. The van der Waals surface area contributed by atoms with Crippen molar-refractivity contribution in [2.45, 2.75) is 20.0 Å². The number of halogens is 1. The van der Waals surface area contributed by atoms with E-state index in [9.17, 15) is 0 Å². The standard InChI is InChI=1S/C14H15BrN2O2/c1-9(2)18-12-4-11(16)5-13(6-12)19-14-3-10(15)7-17-8-14/h3-9H,16H2,1-2H3. The van der Waals surface area contributed by atoms with Crippen molar-refractivity contribution in [3.63, 3.8) is 0 Å². The lowest BCUT2D eigenvalue weighted by molar-refractivity contribution is 0.242. The molecule has 19 heavy (non-hydrogen) atoms. The fourth-order valence-electron chi connectivity index (χ4n) is 1.58. The molecule has 0 aliphatic heterocycles. The van der Waals surface area contributed by atoms with Crippen LogP contribution in [0.4, 0.5) is 5.69 Å². The molecule has 2 aromatic rings. The zero-order valence-corrected chi connectivity index (χ0v) is 12.3. The molecular formula is C14H15BrN2O2. The van der Waals surface area contributed by atoms with E-state index in [1.807, 2.05) is 19.9 Å². The smallest absolute Gasteiger partial charge is 0.146 e. The summed E-state index contributed by atoms with van der Waals surface area (Å²) in [6, 6.07) is 7.15. The fraction of sp³-hybridized carbons (Fsp3) is 0.214. The first-order valence-corrected chi connectivity index (χ1v) is 6.68. The summed E-state index contributed by atoms with van der Waals surface area (Å²) in [5, 5.41) is 0. The van der Waals surface area contributed by atoms with Crippen molar-refractivity contribution in [2.75, 3.05) is 5.73 Å². The van der Waals surface area contributed by atoms with Crippen LogP contribution in [0.25, 0.3) is 0 Å². The lowest BCUT2D eigenvalue weighted by Crippen LogP contribution is -2.05. The van der Waals surface area contributed by atoms with E-state index in [1.54, 1.807) is 30.6 Å². The minimum atomic E-state index is 0.0854. The molecule has 0 spiro atoms. The maximum Gasteiger partial charge on any atom is 0.146 e. The van der Waals surface area contributed by atoms with Crippen LogP contribution in [0.15, 0.2) is 41.1 Å². The van der Waals surface area contributed by atoms with E-state index in [4.69, 9.17) is 15.2 Å². The van der Waals surface area contributed by atoms with E-state index < -0.39 is 0 Å². The average molecular weight is 323 g/mol. The first-order valence-electron chi connectivity index (χ1n) is 5.88. The van der Waals surface area contributed by atoms with Crippen LogP contribution >= 0.6 is 15.9 Å². The van der Waals surface area contributed by atoms with Crippen molar-refractivity contribution < 1.29 is 9.47 Å². The molecule has 1 aromatic carbocycles. The van der Waals surface area contributed by atoms with Crippen LogP contribution in [0.3, 0.4) is 0 Å². The van der Waals surface area contributed by atoms with Gasteiger partial charge in [-0.2, -0.15) is 0 Å². The number of benzene rings is 1. The number of pyridine rings is 1. The summed E-state index contributed by atoms with van der Waals surface area (Å²) in [6.07, 6.45) is 3.42. The normalized spacial score (nSPS) is 10.5. The van der Waals surface area contributed by atoms with Crippen molar-refractivity contribution in [3.05, 3.63) is 41.1 Å². The number of ether oxygens (including phenoxy) is 2.